The van der Waals surface area contributed by atoms with Crippen LogP contribution >= 0.6 is 7.82 Å². The van der Waals surface area contributed by atoms with Crippen molar-refractivity contribution >= 4 is 25.7 Å². The molecule has 19 unspecified atom stereocenters. The molecule has 2 saturated heterocycles. The minimum absolute atomic E-state index is 0.0327. The van der Waals surface area contributed by atoms with Crippen molar-refractivity contribution in [2.45, 2.75) is 414 Å². The molecule has 0 amide bonds. The van der Waals surface area contributed by atoms with Crippen LogP contribution in [0.1, 0.15) is 310 Å². The van der Waals surface area contributed by atoms with Gasteiger partial charge in [0.05, 0.1) is 13.2 Å². The van der Waals surface area contributed by atoms with Crippen LogP contribution in [0, 0.1) is 5.92 Å². The summed E-state index contributed by atoms with van der Waals surface area (Å²) in [6, 6.07) is 0. The molecule has 1 aliphatic carbocycles. The fourth-order valence-electron chi connectivity index (χ4n) is 13.1. The van der Waals surface area contributed by atoms with Gasteiger partial charge in [0.25, 0.3) is 0 Å². The Balaban J connectivity index is 1.74. The van der Waals surface area contributed by atoms with Gasteiger partial charge in [-0.05, 0) is 25.2 Å². The second kappa shape index (κ2) is 54.6. The van der Waals surface area contributed by atoms with Gasteiger partial charge < -0.3 is 89.1 Å². The molecule has 3 fully saturated rings. The summed E-state index contributed by atoms with van der Waals surface area (Å²) >= 11 is 0. The van der Waals surface area contributed by atoms with Crippen LogP contribution in [0.2, 0.25) is 0 Å². The number of carbonyl (C=O) groups excluding carboxylic acids is 3. The monoisotopic (exact) mass is 1430 g/mol. The lowest BCUT2D eigenvalue weighted by atomic mass is 9.84. The molecule has 24 nitrogen and oxygen atoms in total. The van der Waals surface area contributed by atoms with E-state index in [0.29, 0.717) is 25.2 Å². The quantitative estimate of drug-likeness (QED) is 0.0117. The minimum Gasteiger partial charge on any atom is -0.463 e. The van der Waals surface area contributed by atoms with Crippen LogP contribution < -0.4 is 0 Å². The number of phosphoric ester groups is 1. The largest absolute Gasteiger partial charge is 0.472 e. The van der Waals surface area contributed by atoms with Crippen LogP contribution in [0.4, 0.5) is 0 Å². The lowest BCUT2D eigenvalue weighted by Crippen LogP contribution is -2.69. The topological polar surface area (TPSA) is 374 Å². The second-order valence-electron chi connectivity index (χ2n) is 28.4. The van der Waals surface area contributed by atoms with Crippen LogP contribution in [0.3, 0.4) is 0 Å². The molecule has 0 aromatic heterocycles. The number of carbonyl (C=O) groups is 3. The van der Waals surface area contributed by atoms with Gasteiger partial charge in [-0.3, -0.25) is 23.4 Å². The Morgan fingerprint density at radius 3 is 1.10 bits per heavy atom. The lowest BCUT2D eigenvalue weighted by molar-refractivity contribution is -0.360. The molecular weight excluding hydrogens is 1290 g/mol. The number of phosphoric acid groups is 1. The van der Waals surface area contributed by atoms with Crippen LogP contribution in [-0.4, -0.2) is 204 Å². The SMILES string of the molecule is CCCCCCCCCCCCCCCCCC(=O)OCC(COP(=O)(O)OC1C(OC2OC(CO)C(O)C(O)C2O)C(O)C(O)C(O)C1OC1OC(COC(=O)CCCCCCCCCCCCCC)C(O)C(O)C1O)OC(=O)CCCCCCCCC(C)CCCCCCCC. The summed E-state index contributed by atoms with van der Waals surface area (Å²) in [7, 11) is -5.69. The Kier molecular flexibility index (Phi) is 50.2. The van der Waals surface area contributed by atoms with Crippen molar-refractivity contribution in [3.05, 3.63) is 0 Å². The van der Waals surface area contributed by atoms with Crippen molar-refractivity contribution < 1.29 is 117 Å². The zero-order valence-corrected chi connectivity index (χ0v) is 61.4. The lowest BCUT2D eigenvalue weighted by Gasteiger charge is -2.49. The summed E-state index contributed by atoms with van der Waals surface area (Å²) in [6.45, 7) is 5.79. The summed E-state index contributed by atoms with van der Waals surface area (Å²) in [6.07, 6.45) is 10.3. The number of hydrogen-bond donors (Lipinski definition) is 11. The highest BCUT2D eigenvalue weighted by atomic mass is 31.2. The second-order valence-corrected chi connectivity index (χ2v) is 29.8. The predicted octanol–water partition coefficient (Wildman–Crippen LogP) is 10.8. The van der Waals surface area contributed by atoms with Crippen molar-refractivity contribution in [1.29, 1.82) is 0 Å². The van der Waals surface area contributed by atoms with E-state index < -0.39 is 156 Å². The van der Waals surface area contributed by atoms with Gasteiger partial charge in [-0.15, -0.1) is 0 Å². The zero-order chi connectivity index (χ0) is 71.9. The van der Waals surface area contributed by atoms with Gasteiger partial charge in [-0.2, -0.15) is 0 Å². The Morgan fingerprint density at radius 2 is 0.714 bits per heavy atom. The van der Waals surface area contributed by atoms with E-state index in [1.165, 1.54) is 154 Å². The molecule has 25 heteroatoms. The van der Waals surface area contributed by atoms with E-state index in [-0.39, 0.29) is 19.3 Å². The molecule has 3 aliphatic rings. The first-order valence-corrected chi connectivity index (χ1v) is 40.2. The van der Waals surface area contributed by atoms with Crippen molar-refractivity contribution in [3.8, 4) is 0 Å². The zero-order valence-electron chi connectivity index (χ0n) is 60.5. The first kappa shape index (κ1) is 90.2. The van der Waals surface area contributed by atoms with Gasteiger partial charge in [-0.1, -0.05) is 272 Å². The summed E-state index contributed by atoms with van der Waals surface area (Å²) in [5.74, 6) is -1.29. The Morgan fingerprint density at radius 1 is 0.388 bits per heavy atom. The smallest absolute Gasteiger partial charge is 0.463 e. The number of ether oxygens (including phenoxy) is 7. The maximum Gasteiger partial charge on any atom is 0.472 e. The molecule has 0 spiro atoms. The number of rotatable bonds is 60. The summed E-state index contributed by atoms with van der Waals surface area (Å²) in [5, 5.41) is 110. The molecule has 0 bridgehead atoms. The molecule has 578 valence electrons. The number of unbranched alkanes of at least 4 members (excludes halogenated alkanes) is 35. The number of aliphatic hydroxyl groups excluding tert-OH is 10. The minimum atomic E-state index is -5.69. The summed E-state index contributed by atoms with van der Waals surface area (Å²) in [4.78, 5) is 51.1. The summed E-state index contributed by atoms with van der Waals surface area (Å²) < 4.78 is 65.1. The summed E-state index contributed by atoms with van der Waals surface area (Å²) in [5.41, 5.74) is 0. The average molecular weight is 1430 g/mol. The average Bonchev–Trinajstić information content (AvgIpc) is 0.763. The van der Waals surface area contributed by atoms with E-state index in [0.717, 1.165) is 89.9 Å². The number of hydrogen-bond acceptors (Lipinski definition) is 23. The predicted molar refractivity (Wildman–Crippen MR) is 370 cm³/mol. The van der Waals surface area contributed by atoms with Crippen molar-refractivity contribution in [2.75, 3.05) is 26.4 Å². The molecule has 3 rings (SSSR count). The van der Waals surface area contributed by atoms with Crippen molar-refractivity contribution in [1.82, 2.24) is 0 Å². The van der Waals surface area contributed by atoms with Gasteiger partial charge in [0.2, 0.25) is 0 Å². The fourth-order valence-corrected chi connectivity index (χ4v) is 14.1. The molecule has 98 heavy (non-hydrogen) atoms. The van der Waals surface area contributed by atoms with Crippen LogP contribution in [0.5, 0.6) is 0 Å². The Hall–Kier alpha value is -2.04. The van der Waals surface area contributed by atoms with Gasteiger partial charge in [0, 0.05) is 19.3 Å². The van der Waals surface area contributed by atoms with Gasteiger partial charge in [-0.25, -0.2) is 4.57 Å². The van der Waals surface area contributed by atoms with Crippen molar-refractivity contribution in [3.63, 3.8) is 0 Å². The molecule has 0 aromatic carbocycles. The van der Waals surface area contributed by atoms with E-state index in [9.17, 15) is 74.9 Å². The first-order valence-electron chi connectivity index (χ1n) is 38.7. The number of esters is 3. The Bertz CT molecular complexity index is 2050. The van der Waals surface area contributed by atoms with Crippen LogP contribution in [0.15, 0.2) is 0 Å². The van der Waals surface area contributed by atoms with E-state index in [1.54, 1.807) is 0 Å². The highest BCUT2D eigenvalue weighted by molar-refractivity contribution is 7.47. The maximum absolute atomic E-state index is 14.4. The highest BCUT2D eigenvalue weighted by Crippen LogP contribution is 2.49. The molecule has 11 N–H and O–H groups in total. The number of aliphatic hydroxyl groups is 10. The van der Waals surface area contributed by atoms with Gasteiger partial charge >= 0.3 is 25.7 Å². The standard InChI is InChI=1S/C73H137O24P/c1-5-8-11-14-17-19-21-23-24-25-27-29-30-36-41-46-57(75)89-50-54(92-59(77)48-43-38-33-32-35-40-45-53(4)44-39-34-16-13-10-7-3)51-91-98(87,88)97-71-69(95-72-67(85)62(80)60(78)55(49-74)93-72)65(83)64(82)66(84)70(71)96-73-68(86)63(81)61(79)56(94-73)52-90-58(76)47-42-37-31-28-26-22-20-18-15-12-9-6-2/h53-56,60-74,78-86H,5-52H2,1-4H3,(H,87,88). The Labute approximate surface area is 587 Å². The van der Waals surface area contributed by atoms with Crippen molar-refractivity contribution in [2.24, 2.45) is 5.92 Å². The normalized spacial score (nSPS) is 27.9. The van der Waals surface area contributed by atoms with E-state index >= 15 is 0 Å². The molecule has 0 aromatic rings. The first-order chi connectivity index (χ1) is 47.2. The third kappa shape index (κ3) is 37.6. The van der Waals surface area contributed by atoms with E-state index in [1.807, 2.05) is 0 Å². The van der Waals surface area contributed by atoms with E-state index in [4.69, 9.17) is 42.2 Å². The molecule has 2 aliphatic heterocycles. The van der Waals surface area contributed by atoms with Gasteiger partial charge in [0.1, 0.15) is 98.7 Å². The molecule has 0 radical (unpaired) electrons. The molecule has 1 saturated carbocycles. The van der Waals surface area contributed by atoms with Gasteiger partial charge in [0.15, 0.2) is 18.7 Å². The molecular formula is C73H137O24P. The highest BCUT2D eigenvalue weighted by Gasteiger charge is 2.58. The fraction of sp³-hybridized carbons (Fsp3) is 0.959. The molecule has 2 heterocycles. The van der Waals surface area contributed by atoms with Crippen LogP contribution in [0.25, 0.3) is 0 Å². The van der Waals surface area contributed by atoms with E-state index in [2.05, 4.69) is 27.7 Å². The third-order valence-corrected chi connectivity index (χ3v) is 20.5. The maximum atomic E-state index is 14.4. The molecule has 19 atom stereocenters. The van der Waals surface area contributed by atoms with Crippen LogP contribution in [-0.2, 0) is 61.2 Å². The third-order valence-electron chi connectivity index (χ3n) is 19.5.